The molecule has 3 aromatic rings. The second-order valence-corrected chi connectivity index (χ2v) is 8.58. The highest BCUT2D eigenvalue weighted by Gasteiger charge is 2.33. The van der Waals surface area contributed by atoms with Crippen molar-refractivity contribution in [2.75, 3.05) is 38.3 Å². The molecular formula is C25H27N7O4. The summed E-state index contributed by atoms with van der Waals surface area (Å²) in [7, 11) is 1.62. The number of nitrogens with zero attached hydrogens (tertiary/aromatic N) is 6. The summed E-state index contributed by atoms with van der Waals surface area (Å²) < 4.78 is 10.6. The molecule has 11 nitrogen and oxygen atoms in total. The lowest BCUT2D eigenvalue weighted by Gasteiger charge is -2.36. The molecule has 0 bridgehead atoms. The summed E-state index contributed by atoms with van der Waals surface area (Å²) in [4.78, 5) is 38.5. The largest absolute Gasteiger partial charge is 0.497 e. The third-order valence-electron chi connectivity index (χ3n) is 6.17. The molecular weight excluding hydrogens is 462 g/mol. The van der Waals surface area contributed by atoms with Gasteiger partial charge in [0.2, 0.25) is 17.6 Å². The molecule has 1 N–H and O–H groups in total. The van der Waals surface area contributed by atoms with Crippen LogP contribution in [-0.4, -0.2) is 76.9 Å². The first-order valence-electron chi connectivity index (χ1n) is 11.7. The van der Waals surface area contributed by atoms with Gasteiger partial charge in [-0.3, -0.25) is 19.9 Å². The Hall–Kier alpha value is -4.25. The Kier molecular flexibility index (Phi) is 6.63. The zero-order chi connectivity index (χ0) is 25.1. The molecule has 2 aromatic carbocycles. The number of methoxy groups -OCH3 is 1. The lowest BCUT2D eigenvalue weighted by atomic mass is 10.2. The predicted octanol–water partition coefficient (Wildman–Crippen LogP) is 1.73. The number of hydrazine groups is 1. The number of aliphatic imine (C=N–C) groups is 1. The summed E-state index contributed by atoms with van der Waals surface area (Å²) in [6, 6.07) is 16.0. The van der Waals surface area contributed by atoms with Crippen LogP contribution < -0.4 is 15.2 Å². The molecule has 0 aliphatic carbocycles. The average molecular weight is 490 g/mol. The van der Waals surface area contributed by atoms with Crippen molar-refractivity contribution in [1.82, 2.24) is 25.4 Å². The van der Waals surface area contributed by atoms with Gasteiger partial charge in [0.25, 0.3) is 11.8 Å². The maximum absolute atomic E-state index is 13.2. The molecule has 1 unspecified atom stereocenters. The number of benzene rings is 2. The fraction of sp³-hybridized carbons (Fsp3) is 0.320. The Labute approximate surface area is 208 Å². The van der Waals surface area contributed by atoms with E-state index in [1.54, 1.807) is 31.1 Å². The second kappa shape index (κ2) is 10.2. The third kappa shape index (κ3) is 4.91. The normalized spacial score (nSPS) is 18.6. The summed E-state index contributed by atoms with van der Waals surface area (Å²) in [5.74, 6) is 1.53. The fourth-order valence-electron chi connectivity index (χ4n) is 4.12. The Morgan fingerprint density at radius 3 is 2.50 bits per heavy atom. The number of hydrogen-bond acceptors (Lipinski definition) is 9. The van der Waals surface area contributed by atoms with Crippen molar-refractivity contribution in [3.63, 3.8) is 0 Å². The van der Waals surface area contributed by atoms with Crippen LogP contribution in [0.5, 0.6) is 5.75 Å². The number of carbonyl (C=O) groups is 2. The van der Waals surface area contributed by atoms with Crippen LogP contribution >= 0.6 is 0 Å². The molecule has 11 heteroatoms. The number of ether oxygens (including phenoxy) is 1. The SMILES string of the molecule is COc1ccc(-c2noc(CN3CCN(C(=O)C4=NC(C)C(=O)N(c5ccccc5)N4)CC3)n2)cc1. The number of piperazine rings is 1. The number of anilines is 1. The standard InChI is InChI=1S/C25H27N7O4/c1-17-24(33)32(19-6-4-3-5-7-19)28-23(26-17)25(34)31-14-12-30(13-15-31)16-21-27-22(29-36-21)18-8-10-20(35-2)11-9-18/h3-11,17H,12-16H2,1-2H3,(H,26,28). The minimum absolute atomic E-state index is 0.167. The third-order valence-corrected chi connectivity index (χ3v) is 6.17. The Bertz CT molecular complexity index is 1250. The van der Waals surface area contributed by atoms with Gasteiger partial charge in [-0.2, -0.15) is 4.98 Å². The van der Waals surface area contributed by atoms with Gasteiger partial charge in [-0.15, -0.1) is 0 Å². The highest BCUT2D eigenvalue weighted by molar-refractivity contribution is 6.39. The summed E-state index contributed by atoms with van der Waals surface area (Å²) >= 11 is 0. The molecule has 2 aliphatic rings. The lowest BCUT2D eigenvalue weighted by Crippen LogP contribution is -2.60. The molecule has 0 spiro atoms. The lowest BCUT2D eigenvalue weighted by molar-refractivity contribution is -0.126. The average Bonchev–Trinajstić information content (AvgIpc) is 3.39. The molecule has 2 aliphatic heterocycles. The molecule has 0 radical (unpaired) electrons. The smallest absolute Gasteiger partial charge is 0.290 e. The van der Waals surface area contributed by atoms with E-state index in [4.69, 9.17) is 9.26 Å². The zero-order valence-electron chi connectivity index (χ0n) is 20.1. The number of amidine groups is 1. The maximum atomic E-state index is 13.2. The van der Waals surface area contributed by atoms with Crippen molar-refractivity contribution in [2.45, 2.75) is 19.5 Å². The number of hydrogen-bond donors (Lipinski definition) is 1. The van der Waals surface area contributed by atoms with Crippen LogP contribution in [0.25, 0.3) is 11.4 Å². The van der Waals surface area contributed by atoms with Crippen molar-refractivity contribution in [3.05, 3.63) is 60.5 Å². The topological polar surface area (TPSA) is 116 Å². The molecule has 36 heavy (non-hydrogen) atoms. The molecule has 1 saturated heterocycles. The molecule has 1 fully saturated rings. The summed E-state index contributed by atoms with van der Waals surface area (Å²) in [6.07, 6.45) is 0. The van der Waals surface area contributed by atoms with E-state index < -0.39 is 6.04 Å². The van der Waals surface area contributed by atoms with E-state index >= 15 is 0 Å². The molecule has 2 amide bonds. The zero-order valence-corrected chi connectivity index (χ0v) is 20.1. The van der Waals surface area contributed by atoms with Gasteiger partial charge in [0, 0.05) is 31.7 Å². The first-order chi connectivity index (χ1) is 17.5. The number of para-hydroxylation sites is 1. The van der Waals surface area contributed by atoms with E-state index in [9.17, 15) is 9.59 Å². The molecule has 5 rings (SSSR count). The van der Waals surface area contributed by atoms with E-state index in [1.165, 1.54) is 5.01 Å². The fourth-order valence-corrected chi connectivity index (χ4v) is 4.12. The van der Waals surface area contributed by atoms with Crippen molar-refractivity contribution >= 4 is 23.3 Å². The first kappa shape index (κ1) is 23.5. The van der Waals surface area contributed by atoms with E-state index in [0.717, 1.165) is 11.3 Å². The van der Waals surface area contributed by atoms with Crippen LogP contribution in [0.3, 0.4) is 0 Å². The van der Waals surface area contributed by atoms with Gasteiger partial charge in [0.05, 0.1) is 19.3 Å². The van der Waals surface area contributed by atoms with Gasteiger partial charge in [-0.25, -0.2) is 10.0 Å². The highest BCUT2D eigenvalue weighted by atomic mass is 16.5. The van der Waals surface area contributed by atoms with Gasteiger partial charge < -0.3 is 14.2 Å². The van der Waals surface area contributed by atoms with Gasteiger partial charge in [-0.1, -0.05) is 23.4 Å². The van der Waals surface area contributed by atoms with Crippen molar-refractivity contribution in [1.29, 1.82) is 0 Å². The monoisotopic (exact) mass is 489 g/mol. The van der Waals surface area contributed by atoms with E-state index in [2.05, 4.69) is 25.5 Å². The van der Waals surface area contributed by atoms with Gasteiger partial charge in [-0.05, 0) is 43.3 Å². The number of nitrogens with one attached hydrogen (secondary N) is 1. The number of amides is 2. The van der Waals surface area contributed by atoms with E-state index in [0.29, 0.717) is 50.1 Å². The summed E-state index contributed by atoms with van der Waals surface area (Å²) in [6.45, 7) is 4.53. The van der Waals surface area contributed by atoms with Crippen LogP contribution in [0.15, 0.2) is 64.1 Å². The second-order valence-electron chi connectivity index (χ2n) is 8.58. The number of carbonyl (C=O) groups excluding carboxylic acids is 2. The van der Waals surface area contributed by atoms with Crippen LogP contribution in [0, 0.1) is 0 Å². The van der Waals surface area contributed by atoms with Crippen molar-refractivity contribution in [2.24, 2.45) is 4.99 Å². The Morgan fingerprint density at radius 2 is 1.81 bits per heavy atom. The minimum Gasteiger partial charge on any atom is -0.497 e. The maximum Gasteiger partial charge on any atom is 0.290 e. The first-order valence-corrected chi connectivity index (χ1v) is 11.7. The van der Waals surface area contributed by atoms with Crippen LogP contribution in [0.2, 0.25) is 0 Å². The molecule has 1 atom stereocenters. The molecule has 186 valence electrons. The summed E-state index contributed by atoms with van der Waals surface area (Å²) in [5.41, 5.74) is 4.42. The minimum atomic E-state index is -0.649. The summed E-state index contributed by atoms with van der Waals surface area (Å²) in [5, 5.41) is 5.47. The van der Waals surface area contributed by atoms with E-state index in [1.807, 2.05) is 42.5 Å². The van der Waals surface area contributed by atoms with Crippen molar-refractivity contribution in [3.8, 4) is 17.1 Å². The number of aromatic nitrogens is 2. The van der Waals surface area contributed by atoms with E-state index in [-0.39, 0.29) is 17.6 Å². The predicted molar refractivity (Wildman–Crippen MR) is 132 cm³/mol. The highest BCUT2D eigenvalue weighted by Crippen LogP contribution is 2.21. The van der Waals surface area contributed by atoms with Crippen LogP contribution in [-0.2, 0) is 16.1 Å². The number of rotatable bonds is 6. The Balaban J connectivity index is 1.17. The molecule has 3 heterocycles. The van der Waals surface area contributed by atoms with Crippen LogP contribution in [0.1, 0.15) is 12.8 Å². The van der Waals surface area contributed by atoms with Crippen molar-refractivity contribution < 1.29 is 18.8 Å². The van der Waals surface area contributed by atoms with Crippen LogP contribution in [0.4, 0.5) is 5.69 Å². The van der Waals surface area contributed by atoms with Gasteiger partial charge >= 0.3 is 0 Å². The van der Waals surface area contributed by atoms with Gasteiger partial charge in [0.15, 0.2) is 0 Å². The molecule has 1 aromatic heterocycles. The van der Waals surface area contributed by atoms with Gasteiger partial charge in [0.1, 0.15) is 11.8 Å². The quantitative estimate of drug-likeness (QED) is 0.557. The Morgan fingerprint density at radius 1 is 1.08 bits per heavy atom. The molecule has 0 saturated carbocycles.